The van der Waals surface area contributed by atoms with Crippen LogP contribution in [0.15, 0.2) is 24.3 Å². The van der Waals surface area contributed by atoms with E-state index in [4.69, 9.17) is 0 Å². The average Bonchev–Trinajstić information content (AvgIpc) is 3.30. The molecule has 6 heteroatoms. The number of carbonyl (C=O) groups is 1. The molecule has 6 nitrogen and oxygen atoms in total. The van der Waals surface area contributed by atoms with Crippen LogP contribution in [-0.4, -0.2) is 57.3 Å². The summed E-state index contributed by atoms with van der Waals surface area (Å²) in [5, 5.41) is 43.7. The van der Waals surface area contributed by atoms with Gasteiger partial charge in [-0.2, -0.15) is 0 Å². The predicted octanol–water partition coefficient (Wildman–Crippen LogP) is 16.6. The van der Waals surface area contributed by atoms with Crippen molar-refractivity contribution in [2.75, 3.05) is 6.61 Å². The minimum absolute atomic E-state index is 0.371. The molecule has 0 spiro atoms. The SMILES string of the molecule is CCCCCCCCCCCCCCCCC/C=C\C/C=C\CCCCCCCCCCCCCCCCCCC(O)C(=O)NC(CO)C(O)C(O)CCCCCCCCCCCC. The molecule has 0 rings (SSSR count). The molecule has 4 atom stereocenters. The van der Waals surface area contributed by atoms with Crippen molar-refractivity contribution in [3.63, 3.8) is 0 Å². The van der Waals surface area contributed by atoms with Crippen molar-refractivity contribution < 1.29 is 25.2 Å². The van der Waals surface area contributed by atoms with Crippen molar-refractivity contribution in [2.24, 2.45) is 0 Å². The minimum Gasteiger partial charge on any atom is -0.394 e. The number of aliphatic hydroxyl groups excluding tert-OH is 4. The van der Waals surface area contributed by atoms with Crippen LogP contribution in [0.5, 0.6) is 0 Å². The average molecular weight is 905 g/mol. The number of rotatable bonds is 53. The number of hydrogen-bond donors (Lipinski definition) is 5. The Morgan fingerprint density at radius 2 is 0.672 bits per heavy atom. The molecule has 380 valence electrons. The fourth-order valence-electron chi connectivity index (χ4n) is 9.14. The van der Waals surface area contributed by atoms with Gasteiger partial charge in [-0.05, 0) is 44.9 Å². The van der Waals surface area contributed by atoms with E-state index in [0.29, 0.717) is 12.8 Å². The van der Waals surface area contributed by atoms with Gasteiger partial charge < -0.3 is 25.7 Å². The highest BCUT2D eigenvalue weighted by Gasteiger charge is 2.28. The molecule has 64 heavy (non-hydrogen) atoms. The monoisotopic (exact) mass is 904 g/mol. The van der Waals surface area contributed by atoms with Gasteiger partial charge >= 0.3 is 0 Å². The minimum atomic E-state index is -1.26. The van der Waals surface area contributed by atoms with Crippen molar-refractivity contribution in [3.8, 4) is 0 Å². The van der Waals surface area contributed by atoms with Crippen molar-refractivity contribution in [3.05, 3.63) is 24.3 Å². The number of nitrogens with one attached hydrogen (secondary N) is 1. The maximum Gasteiger partial charge on any atom is 0.249 e. The summed E-state index contributed by atoms with van der Waals surface area (Å²) in [6, 6.07) is -0.982. The molecular weight excluding hydrogens is 791 g/mol. The lowest BCUT2D eigenvalue weighted by Crippen LogP contribution is -2.53. The molecule has 0 saturated heterocycles. The second kappa shape index (κ2) is 52.8. The Kier molecular flexibility index (Phi) is 51.8. The zero-order chi connectivity index (χ0) is 46.7. The van der Waals surface area contributed by atoms with E-state index in [1.165, 1.54) is 238 Å². The highest BCUT2D eigenvalue weighted by atomic mass is 16.3. The lowest BCUT2D eigenvalue weighted by molar-refractivity contribution is -0.132. The highest BCUT2D eigenvalue weighted by Crippen LogP contribution is 2.18. The van der Waals surface area contributed by atoms with Crippen molar-refractivity contribution in [2.45, 2.75) is 334 Å². The molecule has 0 bridgehead atoms. The molecule has 0 aliphatic rings. The van der Waals surface area contributed by atoms with Gasteiger partial charge in [0.1, 0.15) is 12.2 Å². The highest BCUT2D eigenvalue weighted by molar-refractivity contribution is 5.80. The van der Waals surface area contributed by atoms with E-state index in [2.05, 4.69) is 43.5 Å². The van der Waals surface area contributed by atoms with Gasteiger partial charge in [-0.3, -0.25) is 4.79 Å². The first-order valence-electron chi connectivity index (χ1n) is 28.7. The Morgan fingerprint density at radius 1 is 0.391 bits per heavy atom. The predicted molar refractivity (Wildman–Crippen MR) is 279 cm³/mol. The Labute approximate surface area is 399 Å². The smallest absolute Gasteiger partial charge is 0.249 e. The van der Waals surface area contributed by atoms with Crippen LogP contribution in [0.1, 0.15) is 309 Å². The third-order valence-electron chi connectivity index (χ3n) is 13.7. The quantitative estimate of drug-likeness (QED) is 0.0308. The maximum absolute atomic E-state index is 12.5. The number of aliphatic hydroxyl groups is 4. The maximum atomic E-state index is 12.5. The normalized spacial score (nSPS) is 13.9. The molecule has 0 heterocycles. The molecule has 0 aromatic rings. The number of amides is 1. The van der Waals surface area contributed by atoms with Crippen LogP contribution in [0, 0.1) is 0 Å². The first-order chi connectivity index (χ1) is 31.5. The second-order valence-electron chi connectivity index (χ2n) is 20.0. The van der Waals surface area contributed by atoms with Crippen LogP contribution in [-0.2, 0) is 4.79 Å². The number of hydrogen-bond acceptors (Lipinski definition) is 5. The molecule has 0 fully saturated rings. The Bertz CT molecular complexity index is 970. The number of allylic oxidation sites excluding steroid dienone is 4. The lowest BCUT2D eigenvalue weighted by atomic mass is 9.99. The van der Waals surface area contributed by atoms with Gasteiger partial charge in [0.05, 0.1) is 18.8 Å². The fourth-order valence-corrected chi connectivity index (χ4v) is 9.14. The van der Waals surface area contributed by atoms with Gasteiger partial charge in [-0.1, -0.05) is 289 Å². The van der Waals surface area contributed by atoms with Crippen molar-refractivity contribution in [1.82, 2.24) is 5.32 Å². The molecule has 0 aliphatic carbocycles. The molecule has 5 N–H and O–H groups in total. The van der Waals surface area contributed by atoms with Crippen molar-refractivity contribution in [1.29, 1.82) is 0 Å². The van der Waals surface area contributed by atoms with Gasteiger partial charge in [0.2, 0.25) is 5.91 Å². The van der Waals surface area contributed by atoms with Gasteiger partial charge in [0, 0.05) is 0 Å². The van der Waals surface area contributed by atoms with E-state index in [-0.39, 0.29) is 0 Å². The van der Waals surface area contributed by atoms with Crippen LogP contribution in [0.2, 0.25) is 0 Å². The largest absolute Gasteiger partial charge is 0.394 e. The third kappa shape index (κ3) is 45.9. The number of unbranched alkanes of at least 4 members (excludes halogenated alkanes) is 40. The third-order valence-corrected chi connectivity index (χ3v) is 13.7. The summed E-state index contributed by atoms with van der Waals surface area (Å²) in [5.74, 6) is -0.582. The van der Waals surface area contributed by atoms with Gasteiger partial charge in [0.15, 0.2) is 0 Å². The summed E-state index contributed by atoms with van der Waals surface area (Å²) < 4.78 is 0. The van der Waals surface area contributed by atoms with Crippen molar-refractivity contribution >= 4 is 5.91 Å². The molecule has 0 aliphatic heterocycles. The van der Waals surface area contributed by atoms with E-state index in [1.54, 1.807) is 0 Å². The van der Waals surface area contributed by atoms with E-state index >= 15 is 0 Å². The Hall–Kier alpha value is -1.21. The molecule has 0 saturated carbocycles. The lowest BCUT2D eigenvalue weighted by Gasteiger charge is -2.27. The van der Waals surface area contributed by atoms with Gasteiger partial charge in [-0.25, -0.2) is 0 Å². The Morgan fingerprint density at radius 3 is 0.984 bits per heavy atom. The molecule has 0 radical (unpaired) electrons. The van der Waals surface area contributed by atoms with Crippen LogP contribution in [0.4, 0.5) is 0 Å². The summed E-state index contributed by atoms with van der Waals surface area (Å²) in [6.45, 7) is 4.05. The van der Waals surface area contributed by atoms with Crippen LogP contribution >= 0.6 is 0 Å². The van der Waals surface area contributed by atoms with Crippen LogP contribution in [0.3, 0.4) is 0 Å². The molecule has 1 amide bonds. The van der Waals surface area contributed by atoms with Gasteiger partial charge in [-0.15, -0.1) is 0 Å². The summed E-state index contributed by atoms with van der Waals surface area (Å²) in [5.41, 5.74) is 0. The van der Waals surface area contributed by atoms with Gasteiger partial charge in [0.25, 0.3) is 0 Å². The molecule has 0 aromatic carbocycles. The molecule has 4 unspecified atom stereocenters. The first-order valence-corrected chi connectivity index (χ1v) is 28.7. The Balaban J connectivity index is 3.49. The van der Waals surface area contributed by atoms with E-state index in [9.17, 15) is 25.2 Å². The second-order valence-corrected chi connectivity index (χ2v) is 20.0. The summed E-state index contributed by atoms with van der Waals surface area (Å²) in [6.07, 6.45) is 64.3. The van der Waals surface area contributed by atoms with E-state index < -0.39 is 36.9 Å². The van der Waals surface area contributed by atoms with Crippen LogP contribution in [0.25, 0.3) is 0 Å². The molecule has 0 aromatic heterocycles. The van der Waals surface area contributed by atoms with E-state index in [0.717, 1.165) is 44.9 Å². The summed E-state index contributed by atoms with van der Waals surface area (Å²) >= 11 is 0. The molecular formula is C58H113NO5. The topological polar surface area (TPSA) is 110 Å². The zero-order valence-corrected chi connectivity index (χ0v) is 43.0. The number of carbonyl (C=O) groups excluding carboxylic acids is 1. The summed E-state index contributed by atoms with van der Waals surface area (Å²) in [4.78, 5) is 12.5. The fraction of sp³-hybridized carbons (Fsp3) is 0.914. The zero-order valence-electron chi connectivity index (χ0n) is 43.0. The standard InChI is InChI=1S/C58H113NO5/c1-3-5-7-9-11-13-15-16-17-18-19-20-21-22-23-24-25-26-27-28-29-30-31-32-33-34-35-36-37-38-39-40-41-42-44-46-48-50-52-56(62)58(64)59-54(53-60)57(63)55(61)51-49-47-45-43-14-12-10-8-6-4-2/h25-26,28-29,54-57,60-63H,3-24,27,30-53H2,1-2H3,(H,59,64)/b26-25-,29-28-. The summed E-state index contributed by atoms with van der Waals surface area (Å²) in [7, 11) is 0. The van der Waals surface area contributed by atoms with Crippen LogP contribution < -0.4 is 5.32 Å². The first kappa shape index (κ1) is 62.8. The van der Waals surface area contributed by atoms with E-state index in [1.807, 2.05) is 0 Å².